The maximum Gasteiger partial charge on any atom is 0.407 e. The van der Waals surface area contributed by atoms with E-state index in [0.29, 0.717) is 6.42 Å². The second-order valence-electron chi connectivity index (χ2n) is 6.76. The van der Waals surface area contributed by atoms with Crippen LogP contribution in [0.3, 0.4) is 0 Å². The molecular weight excluding hydrogens is 304 g/mol. The van der Waals surface area contributed by atoms with Crippen molar-refractivity contribution in [2.24, 2.45) is 5.41 Å². The zero-order chi connectivity index (χ0) is 17.7. The van der Waals surface area contributed by atoms with Crippen molar-refractivity contribution >= 4 is 6.09 Å². The van der Waals surface area contributed by atoms with E-state index >= 15 is 0 Å². The van der Waals surface area contributed by atoms with Gasteiger partial charge in [-0.05, 0) is 45.2 Å². The fourth-order valence-electron chi connectivity index (χ4n) is 2.20. The third kappa shape index (κ3) is 5.78. The van der Waals surface area contributed by atoms with E-state index in [9.17, 15) is 18.7 Å². The number of hydrogen-bond acceptors (Lipinski definition) is 3. The van der Waals surface area contributed by atoms with Gasteiger partial charge in [-0.3, -0.25) is 0 Å². The molecule has 0 saturated heterocycles. The number of alkyl carbamates (subject to hydrolysis) is 1. The molecule has 0 bridgehead atoms. The van der Waals surface area contributed by atoms with Gasteiger partial charge in [0.25, 0.3) is 0 Å². The van der Waals surface area contributed by atoms with Gasteiger partial charge in [0.1, 0.15) is 5.60 Å². The van der Waals surface area contributed by atoms with Crippen LogP contribution >= 0.6 is 0 Å². The Morgan fingerprint density at radius 3 is 2.48 bits per heavy atom. The van der Waals surface area contributed by atoms with Crippen LogP contribution in [-0.2, 0) is 11.2 Å². The van der Waals surface area contributed by atoms with Crippen molar-refractivity contribution in [3.63, 3.8) is 0 Å². The smallest absolute Gasteiger partial charge is 0.407 e. The Hall–Kier alpha value is -1.69. The summed E-state index contributed by atoms with van der Waals surface area (Å²) in [6, 6.07) is 3.95. The van der Waals surface area contributed by atoms with Crippen molar-refractivity contribution < 1.29 is 23.4 Å². The highest BCUT2D eigenvalue weighted by atomic mass is 19.2. The zero-order valence-corrected chi connectivity index (χ0v) is 14.1. The minimum absolute atomic E-state index is 0.102. The summed E-state index contributed by atoms with van der Waals surface area (Å²) in [6.07, 6.45) is -0.0160. The Bertz CT molecular complexity index is 537. The van der Waals surface area contributed by atoms with Crippen LogP contribution < -0.4 is 5.32 Å². The number of halogens is 2. The number of hydrogen-bond donors (Lipinski definition) is 2. The molecule has 1 rings (SSSR count). The summed E-state index contributed by atoms with van der Waals surface area (Å²) in [6.45, 7) is 6.89. The van der Waals surface area contributed by atoms with Gasteiger partial charge in [-0.2, -0.15) is 0 Å². The van der Waals surface area contributed by atoms with Crippen LogP contribution in [-0.4, -0.2) is 30.0 Å². The van der Waals surface area contributed by atoms with Crippen molar-refractivity contribution in [2.45, 2.75) is 46.1 Å². The van der Waals surface area contributed by atoms with Crippen molar-refractivity contribution in [1.82, 2.24) is 5.32 Å². The van der Waals surface area contributed by atoms with Crippen LogP contribution in [0.2, 0.25) is 0 Å². The molecule has 0 aromatic heterocycles. The Balaban J connectivity index is 2.83. The largest absolute Gasteiger partial charge is 0.444 e. The first-order valence-corrected chi connectivity index (χ1v) is 7.63. The highest BCUT2D eigenvalue weighted by Crippen LogP contribution is 2.28. The minimum Gasteiger partial charge on any atom is -0.444 e. The van der Waals surface area contributed by atoms with Gasteiger partial charge < -0.3 is 15.2 Å². The number of nitrogens with one attached hydrogen (secondary N) is 1. The average molecular weight is 329 g/mol. The van der Waals surface area contributed by atoms with Gasteiger partial charge in [0.2, 0.25) is 0 Å². The lowest BCUT2D eigenvalue weighted by atomic mass is 9.79. The molecule has 0 spiro atoms. The van der Waals surface area contributed by atoms with Crippen LogP contribution in [0.1, 0.15) is 39.7 Å². The number of benzene rings is 1. The molecule has 1 aromatic rings. The first-order chi connectivity index (χ1) is 10.6. The summed E-state index contributed by atoms with van der Waals surface area (Å²) < 4.78 is 32.3. The molecule has 6 heteroatoms. The van der Waals surface area contributed by atoms with Crippen molar-refractivity contribution in [3.8, 4) is 0 Å². The molecule has 1 aromatic carbocycles. The minimum atomic E-state index is -0.925. The lowest BCUT2D eigenvalue weighted by Gasteiger charge is -2.31. The highest BCUT2D eigenvalue weighted by molar-refractivity contribution is 5.67. The first-order valence-electron chi connectivity index (χ1n) is 7.63. The normalized spacial score (nSPS) is 14.2. The topological polar surface area (TPSA) is 58.6 Å². The monoisotopic (exact) mass is 329 g/mol. The molecule has 23 heavy (non-hydrogen) atoms. The van der Waals surface area contributed by atoms with E-state index in [0.717, 1.165) is 6.07 Å². The number of carbonyl (C=O) groups excluding carboxylic acids is 1. The van der Waals surface area contributed by atoms with Gasteiger partial charge >= 0.3 is 6.09 Å². The fourth-order valence-corrected chi connectivity index (χ4v) is 2.20. The van der Waals surface area contributed by atoms with Gasteiger partial charge in [0.15, 0.2) is 11.6 Å². The van der Waals surface area contributed by atoms with Crippen LogP contribution in [0, 0.1) is 17.0 Å². The second-order valence-corrected chi connectivity index (χ2v) is 6.76. The number of aliphatic hydroxyl groups excluding tert-OH is 1. The van der Waals surface area contributed by atoms with Gasteiger partial charge in [-0.1, -0.05) is 19.1 Å². The van der Waals surface area contributed by atoms with Gasteiger partial charge in [0.05, 0.1) is 6.61 Å². The van der Waals surface area contributed by atoms with E-state index in [2.05, 4.69) is 5.32 Å². The molecule has 4 nitrogen and oxygen atoms in total. The SMILES string of the molecule is CCC(CO)(CNC(=O)OC(C)(C)C)Cc1cccc(F)c1F. The zero-order valence-electron chi connectivity index (χ0n) is 14.1. The van der Waals surface area contributed by atoms with E-state index in [1.807, 2.05) is 6.92 Å². The maximum atomic E-state index is 13.9. The average Bonchev–Trinajstić information content (AvgIpc) is 2.46. The van der Waals surface area contributed by atoms with Crippen LogP contribution in [0.25, 0.3) is 0 Å². The summed E-state index contributed by atoms with van der Waals surface area (Å²) in [4.78, 5) is 11.8. The lowest BCUT2D eigenvalue weighted by Crippen LogP contribution is -2.43. The van der Waals surface area contributed by atoms with E-state index in [4.69, 9.17) is 4.74 Å². The van der Waals surface area contributed by atoms with Gasteiger partial charge in [-0.25, -0.2) is 13.6 Å². The Kier molecular flexibility index (Phi) is 6.50. The fraction of sp³-hybridized carbons (Fsp3) is 0.588. The number of carbonyl (C=O) groups is 1. The summed E-state index contributed by atoms with van der Waals surface area (Å²) in [5, 5.41) is 12.3. The summed E-state index contributed by atoms with van der Waals surface area (Å²) in [7, 11) is 0. The quantitative estimate of drug-likeness (QED) is 0.841. The van der Waals surface area contributed by atoms with E-state index in [1.54, 1.807) is 20.8 Å². The van der Waals surface area contributed by atoms with E-state index < -0.39 is 28.7 Å². The molecular formula is C17H25F2NO3. The third-order valence-corrected chi connectivity index (χ3v) is 3.69. The van der Waals surface area contributed by atoms with Crippen molar-refractivity contribution in [1.29, 1.82) is 0 Å². The lowest BCUT2D eigenvalue weighted by molar-refractivity contribution is 0.0460. The van der Waals surface area contributed by atoms with Crippen LogP contribution in [0.5, 0.6) is 0 Å². The summed E-state index contributed by atoms with van der Waals surface area (Å²) in [5.41, 5.74) is -1.25. The number of ether oxygens (including phenoxy) is 1. The molecule has 1 amide bonds. The van der Waals surface area contributed by atoms with Crippen molar-refractivity contribution in [2.75, 3.05) is 13.2 Å². The van der Waals surface area contributed by atoms with Crippen molar-refractivity contribution in [3.05, 3.63) is 35.4 Å². The predicted octanol–water partition coefficient (Wildman–Crippen LogP) is 3.42. The molecule has 0 fully saturated rings. The Morgan fingerprint density at radius 1 is 1.30 bits per heavy atom. The Morgan fingerprint density at radius 2 is 1.96 bits per heavy atom. The molecule has 0 heterocycles. The Labute approximate surface area is 135 Å². The number of amides is 1. The second kappa shape index (κ2) is 7.73. The molecule has 0 aliphatic rings. The first kappa shape index (κ1) is 19.4. The van der Waals surface area contributed by atoms with Gasteiger partial charge in [-0.15, -0.1) is 0 Å². The molecule has 0 saturated carbocycles. The maximum absolute atomic E-state index is 13.9. The molecule has 0 aliphatic carbocycles. The van der Waals surface area contributed by atoms with Crippen LogP contribution in [0.15, 0.2) is 18.2 Å². The number of rotatable bonds is 6. The standard InChI is InChI=1S/C17H25F2NO3/c1-5-17(11-21,10-20-15(22)23-16(2,3)4)9-12-7-6-8-13(18)14(12)19/h6-8,21H,5,9-11H2,1-4H3,(H,20,22). The molecule has 2 N–H and O–H groups in total. The molecule has 1 unspecified atom stereocenters. The predicted molar refractivity (Wildman–Crippen MR) is 84.1 cm³/mol. The number of aliphatic hydroxyl groups is 1. The highest BCUT2D eigenvalue weighted by Gasteiger charge is 2.31. The van der Waals surface area contributed by atoms with Crippen LogP contribution in [0.4, 0.5) is 13.6 Å². The molecule has 0 radical (unpaired) electrons. The third-order valence-electron chi connectivity index (χ3n) is 3.69. The molecule has 130 valence electrons. The summed E-state index contributed by atoms with van der Waals surface area (Å²) >= 11 is 0. The van der Waals surface area contributed by atoms with Gasteiger partial charge in [0, 0.05) is 12.0 Å². The summed E-state index contributed by atoms with van der Waals surface area (Å²) in [5.74, 6) is -1.85. The molecule has 1 atom stereocenters. The molecule has 0 aliphatic heterocycles. The van der Waals surface area contributed by atoms with E-state index in [-0.39, 0.29) is 25.1 Å². The van der Waals surface area contributed by atoms with E-state index in [1.165, 1.54) is 12.1 Å².